The number of hydrogen-bond donors (Lipinski definition) is 1. The summed E-state index contributed by atoms with van der Waals surface area (Å²) in [5, 5.41) is 4.07. The van der Waals surface area contributed by atoms with Crippen LogP contribution in [-0.2, 0) is 11.2 Å². The Labute approximate surface area is 137 Å². The van der Waals surface area contributed by atoms with Crippen LogP contribution < -0.4 is 5.32 Å². The van der Waals surface area contributed by atoms with E-state index in [-0.39, 0.29) is 5.41 Å². The molecule has 2 heterocycles. The van der Waals surface area contributed by atoms with E-state index in [9.17, 15) is 4.79 Å². The molecule has 2 atom stereocenters. The average molecular weight is 319 g/mol. The largest absolute Gasteiger partial charge is 0.342 e. The standard InChI is InChI=1S/C18H23ClN2O/c19-16-6-4-13(5-7-16)8-18(11-20-12-18)17(22)21-9-14-2-1-3-15(14)10-21/h4-7,14-15,20H,1-3,8-12H2/t14-,15+. The molecule has 1 saturated carbocycles. The van der Waals surface area contributed by atoms with E-state index in [4.69, 9.17) is 11.6 Å². The molecule has 0 radical (unpaired) electrons. The summed E-state index contributed by atoms with van der Waals surface area (Å²) in [6.07, 6.45) is 4.81. The quantitative estimate of drug-likeness (QED) is 0.929. The van der Waals surface area contributed by atoms with E-state index >= 15 is 0 Å². The van der Waals surface area contributed by atoms with Gasteiger partial charge < -0.3 is 10.2 Å². The monoisotopic (exact) mass is 318 g/mol. The average Bonchev–Trinajstić information content (AvgIpc) is 3.05. The van der Waals surface area contributed by atoms with Crippen LogP contribution in [0.5, 0.6) is 0 Å². The Morgan fingerprint density at radius 3 is 2.36 bits per heavy atom. The molecule has 1 aromatic carbocycles. The maximum absolute atomic E-state index is 13.1. The number of carbonyl (C=O) groups is 1. The van der Waals surface area contributed by atoms with Gasteiger partial charge >= 0.3 is 0 Å². The topological polar surface area (TPSA) is 32.3 Å². The van der Waals surface area contributed by atoms with E-state index in [0.29, 0.717) is 5.91 Å². The predicted molar refractivity (Wildman–Crippen MR) is 87.9 cm³/mol. The minimum absolute atomic E-state index is 0.230. The molecule has 4 rings (SSSR count). The van der Waals surface area contributed by atoms with Gasteiger partial charge in [-0.05, 0) is 48.8 Å². The molecule has 1 aromatic rings. The fraction of sp³-hybridized carbons (Fsp3) is 0.611. The van der Waals surface area contributed by atoms with Crippen molar-refractivity contribution in [1.82, 2.24) is 10.2 Å². The lowest BCUT2D eigenvalue weighted by Gasteiger charge is -2.43. The van der Waals surface area contributed by atoms with E-state index < -0.39 is 0 Å². The Bertz CT molecular complexity index is 555. The Balaban J connectivity index is 1.48. The zero-order valence-corrected chi connectivity index (χ0v) is 13.6. The van der Waals surface area contributed by atoms with Gasteiger partial charge in [-0.25, -0.2) is 0 Å². The summed E-state index contributed by atoms with van der Waals surface area (Å²) in [4.78, 5) is 15.3. The van der Waals surface area contributed by atoms with Crippen LogP contribution >= 0.6 is 11.6 Å². The summed E-state index contributed by atoms with van der Waals surface area (Å²) in [6.45, 7) is 3.60. The van der Waals surface area contributed by atoms with Gasteiger partial charge in [-0.3, -0.25) is 4.79 Å². The van der Waals surface area contributed by atoms with Crippen LogP contribution in [0.15, 0.2) is 24.3 Å². The summed E-state index contributed by atoms with van der Waals surface area (Å²) >= 11 is 5.96. The number of carbonyl (C=O) groups excluding carboxylic acids is 1. The van der Waals surface area contributed by atoms with Crippen LogP contribution in [0, 0.1) is 17.3 Å². The number of nitrogens with one attached hydrogen (secondary N) is 1. The first kappa shape index (κ1) is 14.5. The van der Waals surface area contributed by atoms with Crippen LogP contribution in [0.4, 0.5) is 0 Å². The molecule has 4 heteroatoms. The third kappa shape index (κ3) is 2.44. The molecule has 3 nitrogen and oxygen atoms in total. The molecule has 118 valence electrons. The number of halogens is 1. The second-order valence-corrected chi connectivity index (χ2v) is 7.78. The van der Waals surface area contributed by atoms with Crippen molar-refractivity contribution in [2.24, 2.45) is 17.3 Å². The SMILES string of the molecule is O=C(N1C[C@H]2CCC[C@H]2C1)C1(Cc2ccc(Cl)cc2)CNC1. The van der Waals surface area contributed by atoms with Gasteiger partial charge in [0.15, 0.2) is 0 Å². The molecular weight excluding hydrogens is 296 g/mol. The molecule has 1 aliphatic carbocycles. The zero-order chi connectivity index (χ0) is 15.2. The van der Waals surface area contributed by atoms with Gasteiger partial charge in [0, 0.05) is 31.2 Å². The number of hydrogen-bond acceptors (Lipinski definition) is 2. The minimum Gasteiger partial charge on any atom is -0.342 e. The Morgan fingerprint density at radius 1 is 1.18 bits per heavy atom. The number of fused-ring (bicyclic) bond motifs is 1. The van der Waals surface area contributed by atoms with Gasteiger partial charge in [-0.15, -0.1) is 0 Å². The molecule has 2 aliphatic heterocycles. The highest BCUT2D eigenvalue weighted by Crippen LogP contribution is 2.40. The van der Waals surface area contributed by atoms with Crippen molar-refractivity contribution in [3.8, 4) is 0 Å². The van der Waals surface area contributed by atoms with Gasteiger partial charge in [0.25, 0.3) is 0 Å². The molecule has 22 heavy (non-hydrogen) atoms. The summed E-state index contributed by atoms with van der Waals surface area (Å²) in [5.41, 5.74) is 0.977. The van der Waals surface area contributed by atoms with E-state index in [2.05, 4.69) is 10.2 Å². The van der Waals surface area contributed by atoms with Crippen LogP contribution in [0.1, 0.15) is 24.8 Å². The fourth-order valence-corrected chi connectivity index (χ4v) is 4.63. The van der Waals surface area contributed by atoms with Crippen molar-refractivity contribution >= 4 is 17.5 Å². The summed E-state index contributed by atoms with van der Waals surface area (Å²) in [7, 11) is 0. The minimum atomic E-state index is -0.230. The van der Waals surface area contributed by atoms with Crippen molar-refractivity contribution < 1.29 is 4.79 Å². The van der Waals surface area contributed by atoms with Crippen LogP contribution in [0.25, 0.3) is 0 Å². The first-order valence-corrected chi connectivity index (χ1v) is 8.79. The molecule has 0 bridgehead atoms. The van der Waals surface area contributed by atoms with Gasteiger partial charge in [0.2, 0.25) is 5.91 Å². The third-order valence-electron chi connectivity index (χ3n) is 5.85. The van der Waals surface area contributed by atoms with Crippen molar-refractivity contribution in [2.75, 3.05) is 26.2 Å². The first-order chi connectivity index (χ1) is 10.7. The van der Waals surface area contributed by atoms with Crippen molar-refractivity contribution in [3.63, 3.8) is 0 Å². The summed E-state index contributed by atoms with van der Waals surface area (Å²) < 4.78 is 0. The van der Waals surface area contributed by atoms with E-state index in [0.717, 1.165) is 49.5 Å². The smallest absolute Gasteiger partial charge is 0.231 e. The van der Waals surface area contributed by atoms with E-state index in [1.165, 1.54) is 24.8 Å². The Kier molecular flexibility index (Phi) is 3.66. The molecule has 3 fully saturated rings. The fourth-order valence-electron chi connectivity index (χ4n) is 4.51. The van der Waals surface area contributed by atoms with Crippen LogP contribution in [-0.4, -0.2) is 37.0 Å². The number of likely N-dealkylation sites (tertiary alicyclic amines) is 1. The number of benzene rings is 1. The van der Waals surface area contributed by atoms with Gasteiger partial charge in [0.1, 0.15) is 0 Å². The molecular formula is C18H23ClN2O. The summed E-state index contributed by atoms with van der Waals surface area (Å²) in [6, 6.07) is 7.94. The van der Waals surface area contributed by atoms with Crippen LogP contribution in [0.3, 0.4) is 0 Å². The molecule has 3 aliphatic rings. The highest BCUT2D eigenvalue weighted by Gasteiger charge is 2.49. The molecule has 2 saturated heterocycles. The van der Waals surface area contributed by atoms with Crippen LogP contribution in [0.2, 0.25) is 5.02 Å². The molecule has 0 aromatic heterocycles. The number of amides is 1. The van der Waals surface area contributed by atoms with Crippen molar-refractivity contribution in [1.29, 1.82) is 0 Å². The Hall–Kier alpha value is -1.06. The lowest BCUT2D eigenvalue weighted by atomic mass is 9.75. The lowest BCUT2D eigenvalue weighted by Crippen LogP contribution is -2.63. The van der Waals surface area contributed by atoms with Gasteiger partial charge in [-0.2, -0.15) is 0 Å². The number of rotatable bonds is 3. The second kappa shape index (κ2) is 5.54. The maximum atomic E-state index is 13.1. The molecule has 1 amide bonds. The van der Waals surface area contributed by atoms with Gasteiger partial charge in [0.05, 0.1) is 5.41 Å². The molecule has 0 spiro atoms. The highest BCUT2D eigenvalue weighted by molar-refractivity contribution is 6.30. The van der Waals surface area contributed by atoms with Crippen molar-refractivity contribution in [2.45, 2.75) is 25.7 Å². The Morgan fingerprint density at radius 2 is 1.82 bits per heavy atom. The molecule has 0 unspecified atom stereocenters. The van der Waals surface area contributed by atoms with Gasteiger partial charge in [-0.1, -0.05) is 30.2 Å². The second-order valence-electron chi connectivity index (χ2n) is 7.35. The predicted octanol–water partition coefficient (Wildman–Crippen LogP) is 2.73. The molecule has 1 N–H and O–H groups in total. The normalized spacial score (nSPS) is 29.2. The third-order valence-corrected chi connectivity index (χ3v) is 6.10. The zero-order valence-electron chi connectivity index (χ0n) is 12.9. The first-order valence-electron chi connectivity index (χ1n) is 8.41. The van der Waals surface area contributed by atoms with E-state index in [1.54, 1.807) is 0 Å². The highest BCUT2D eigenvalue weighted by atomic mass is 35.5. The van der Waals surface area contributed by atoms with Crippen molar-refractivity contribution in [3.05, 3.63) is 34.9 Å². The van der Waals surface area contributed by atoms with E-state index in [1.807, 2.05) is 24.3 Å². The number of nitrogens with zero attached hydrogens (tertiary/aromatic N) is 1. The maximum Gasteiger partial charge on any atom is 0.231 e. The summed E-state index contributed by atoms with van der Waals surface area (Å²) in [5.74, 6) is 1.91. The lowest BCUT2D eigenvalue weighted by molar-refractivity contribution is -0.144.